The number of nitrogens with zero attached hydrogens (tertiary/aromatic N) is 1. The van der Waals surface area contributed by atoms with Gasteiger partial charge in [-0.25, -0.2) is 0 Å². The maximum absolute atomic E-state index is 8.65. The van der Waals surface area contributed by atoms with Crippen LogP contribution in [0.25, 0.3) is 5.57 Å². The molecule has 2 nitrogen and oxygen atoms in total. The normalized spacial score (nSPS) is 22.9. The fraction of sp³-hybridized carbons (Fsp3) is 0.250. The van der Waals surface area contributed by atoms with Crippen LogP contribution in [0.1, 0.15) is 30.0 Å². The lowest BCUT2D eigenvalue weighted by Gasteiger charge is -2.23. The van der Waals surface area contributed by atoms with E-state index >= 15 is 0 Å². The quantitative estimate of drug-likeness (QED) is 0.629. The summed E-state index contributed by atoms with van der Waals surface area (Å²) in [5.74, 6) is 0. The van der Waals surface area contributed by atoms with Gasteiger partial charge in [-0.15, -0.1) is 0 Å². The SMILES string of the molecule is N#C/C=C1\CC[C@H](N)c2ccccc21. The van der Waals surface area contributed by atoms with Gasteiger partial charge in [0.25, 0.3) is 0 Å². The molecule has 0 radical (unpaired) electrons. The van der Waals surface area contributed by atoms with E-state index in [1.165, 1.54) is 5.56 Å². The third kappa shape index (κ3) is 1.43. The van der Waals surface area contributed by atoms with Crippen molar-refractivity contribution in [3.8, 4) is 6.07 Å². The van der Waals surface area contributed by atoms with E-state index in [0.29, 0.717) is 0 Å². The van der Waals surface area contributed by atoms with E-state index in [-0.39, 0.29) is 6.04 Å². The summed E-state index contributed by atoms with van der Waals surface area (Å²) in [4.78, 5) is 0. The smallest absolute Gasteiger partial charge is 0.0915 e. The molecule has 0 amide bonds. The molecule has 2 rings (SSSR count). The maximum Gasteiger partial charge on any atom is 0.0915 e. The summed E-state index contributed by atoms with van der Waals surface area (Å²) in [6.45, 7) is 0. The summed E-state index contributed by atoms with van der Waals surface area (Å²) >= 11 is 0. The Morgan fingerprint density at radius 1 is 1.43 bits per heavy atom. The highest BCUT2D eigenvalue weighted by molar-refractivity contribution is 5.72. The van der Waals surface area contributed by atoms with E-state index in [0.717, 1.165) is 24.0 Å². The molecule has 1 aliphatic rings. The first-order valence-electron chi connectivity index (χ1n) is 4.76. The number of allylic oxidation sites excluding steroid dienone is 2. The molecule has 0 spiro atoms. The third-order valence-corrected chi connectivity index (χ3v) is 2.67. The van der Waals surface area contributed by atoms with Gasteiger partial charge >= 0.3 is 0 Å². The van der Waals surface area contributed by atoms with Crippen molar-refractivity contribution >= 4 is 5.57 Å². The van der Waals surface area contributed by atoms with E-state index in [1.54, 1.807) is 6.08 Å². The van der Waals surface area contributed by atoms with Gasteiger partial charge in [0.1, 0.15) is 0 Å². The number of hydrogen-bond acceptors (Lipinski definition) is 2. The van der Waals surface area contributed by atoms with Gasteiger partial charge in [-0.2, -0.15) is 5.26 Å². The molecule has 0 heterocycles. The number of rotatable bonds is 0. The van der Waals surface area contributed by atoms with Crippen LogP contribution in [0.2, 0.25) is 0 Å². The topological polar surface area (TPSA) is 49.8 Å². The van der Waals surface area contributed by atoms with Gasteiger partial charge in [-0.05, 0) is 29.5 Å². The van der Waals surface area contributed by atoms with Gasteiger partial charge in [0, 0.05) is 12.1 Å². The number of nitriles is 1. The first-order valence-corrected chi connectivity index (χ1v) is 4.76. The molecule has 0 unspecified atom stereocenters. The predicted molar refractivity (Wildman–Crippen MR) is 56.2 cm³/mol. The van der Waals surface area contributed by atoms with Crippen LogP contribution in [0.3, 0.4) is 0 Å². The Bertz CT molecular complexity index is 413. The summed E-state index contributed by atoms with van der Waals surface area (Å²) < 4.78 is 0. The Morgan fingerprint density at radius 3 is 3.00 bits per heavy atom. The van der Waals surface area contributed by atoms with Crippen molar-refractivity contribution in [1.29, 1.82) is 5.26 Å². The fourth-order valence-electron chi connectivity index (χ4n) is 1.94. The average Bonchev–Trinajstić information content (AvgIpc) is 2.23. The largest absolute Gasteiger partial charge is 0.324 e. The molecule has 14 heavy (non-hydrogen) atoms. The highest BCUT2D eigenvalue weighted by Gasteiger charge is 2.19. The Labute approximate surface area is 83.7 Å². The minimum Gasteiger partial charge on any atom is -0.324 e. The van der Waals surface area contributed by atoms with Crippen LogP contribution in [0.15, 0.2) is 30.3 Å². The van der Waals surface area contributed by atoms with E-state index in [1.807, 2.05) is 24.3 Å². The Hall–Kier alpha value is -1.59. The monoisotopic (exact) mass is 184 g/mol. The van der Waals surface area contributed by atoms with Gasteiger partial charge in [-0.3, -0.25) is 0 Å². The second-order valence-corrected chi connectivity index (χ2v) is 3.53. The lowest BCUT2D eigenvalue weighted by molar-refractivity contribution is 0.646. The summed E-state index contributed by atoms with van der Waals surface area (Å²) in [6.07, 6.45) is 3.47. The van der Waals surface area contributed by atoms with Crippen LogP contribution in [-0.2, 0) is 0 Å². The summed E-state index contributed by atoms with van der Waals surface area (Å²) in [7, 11) is 0. The van der Waals surface area contributed by atoms with Crippen molar-refractivity contribution in [1.82, 2.24) is 0 Å². The molecule has 1 aromatic carbocycles. The minimum absolute atomic E-state index is 0.127. The van der Waals surface area contributed by atoms with Crippen LogP contribution in [0.5, 0.6) is 0 Å². The molecule has 0 fully saturated rings. The standard InChI is InChI=1S/C12H12N2/c13-8-7-9-5-6-12(14)11-4-2-1-3-10(9)11/h1-4,7,12H,5-6,14H2/b9-7+/t12-/m0/s1. The lowest BCUT2D eigenvalue weighted by Crippen LogP contribution is -2.16. The molecule has 2 heteroatoms. The van der Waals surface area contributed by atoms with Crippen LogP contribution in [0.4, 0.5) is 0 Å². The van der Waals surface area contributed by atoms with E-state index in [9.17, 15) is 0 Å². The second kappa shape index (κ2) is 3.65. The van der Waals surface area contributed by atoms with Crippen molar-refractivity contribution < 1.29 is 0 Å². The molecule has 2 N–H and O–H groups in total. The van der Waals surface area contributed by atoms with Crippen LogP contribution >= 0.6 is 0 Å². The fourth-order valence-corrected chi connectivity index (χ4v) is 1.94. The number of fused-ring (bicyclic) bond motifs is 1. The number of nitrogens with two attached hydrogens (primary N) is 1. The van der Waals surface area contributed by atoms with Crippen LogP contribution < -0.4 is 5.73 Å². The Kier molecular flexibility index (Phi) is 2.34. The van der Waals surface area contributed by atoms with Gasteiger partial charge in [0.2, 0.25) is 0 Å². The molecule has 70 valence electrons. The van der Waals surface area contributed by atoms with Crippen molar-refractivity contribution in [3.63, 3.8) is 0 Å². The zero-order valence-electron chi connectivity index (χ0n) is 7.90. The van der Waals surface area contributed by atoms with E-state index in [4.69, 9.17) is 11.0 Å². The van der Waals surface area contributed by atoms with Crippen LogP contribution in [0, 0.1) is 11.3 Å². The summed E-state index contributed by atoms with van der Waals surface area (Å²) in [5, 5.41) is 8.65. The van der Waals surface area contributed by atoms with Crippen molar-refractivity contribution in [2.24, 2.45) is 5.73 Å². The molecule has 1 aliphatic carbocycles. The molecular weight excluding hydrogens is 172 g/mol. The number of benzene rings is 1. The molecule has 1 atom stereocenters. The second-order valence-electron chi connectivity index (χ2n) is 3.53. The van der Waals surface area contributed by atoms with Crippen molar-refractivity contribution in [3.05, 3.63) is 41.5 Å². The van der Waals surface area contributed by atoms with Crippen LogP contribution in [-0.4, -0.2) is 0 Å². The molecule has 0 aliphatic heterocycles. The summed E-state index contributed by atoms with van der Waals surface area (Å²) in [6, 6.07) is 10.3. The first kappa shape index (κ1) is 8.98. The zero-order valence-corrected chi connectivity index (χ0v) is 7.90. The van der Waals surface area contributed by atoms with E-state index in [2.05, 4.69) is 6.07 Å². The van der Waals surface area contributed by atoms with Gasteiger partial charge in [0.15, 0.2) is 0 Å². The lowest BCUT2D eigenvalue weighted by atomic mass is 9.84. The maximum atomic E-state index is 8.65. The molecule has 0 saturated heterocycles. The van der Waals surface area contributed by atoms with Gasteiger partial charge < -0.3 is 5.73 Å². The third-order valence-electron chi connectivity index (χ3n) is 2.67. The van der Waals surface area contributed by atoms with Gasteiger partial charge in [-0.1, -0.05) is 24.3 Å². The van der Waals surface area contributed by atoms with Gasteiger partial charge in [0.05, 0.1) is 6.07 Å². The highest BCUT2D eigenvalue weighted by Crippen LogP contribution is 2.34. The first-order chi connectivity index (χ1) is 6.83. The molecule has 0 aromatic heterocycles. The van der Waals surface area contributed by atoms with E-state index < -0.39 is 0 Å². The Morgan fingerprint density at radius 2 is 2.21 bits per heavy atom. The Balaban J connectivity index is 2.53. The molecular formula is C12H12N2. The molecule has 0 bridgehead atoms. The zero-order chi connectivity index (χ0) is 9.97. The predicted octanol–water partition coefficient (Wildman–Crippen LogP) is 2.39. The molecule has 1 aromatic rings. The average molecular weight is 184 g/mol. The highest BCUT2D eigenvalue weighted by atomic mass is 14.6. The molecule has 0 saturated carbocycles. The minimum atomic E-state index is 0.127. The summed E-state index contributed by atoms with van der Waals surface area (Å²) in [5.41, 5.74) is 9.42. The number of hydrogen-bond donors (Lipinski definition) is 1. The van der Waals surface area contributed by atoms with Crippen molar-refractivity contribution in [2.75, 3.05) is 0 Å². The van der Waals surface area contributed by atoms with Crippen molar-refractivity contribution in [2.45, 2.75) is 18.9 Å².